The van der Waals surface area contributed by atoms with Gasteiger partial charge in [-0.05, 0) is 37.1 Å². The van der Waals surface area contributed by atoms with Crippen molar-refractivity contribution in [1.82, 2.24) is 10.3 Å². The van der Waals surface area contributed by atoms with E-state index in [1.807, 2.05) is 36.4 Å². The van der Waals surface area contributed by atoms with E-state index in [-0.39, 0.29) is 11.9 Å². The number of amides is 1. The summed E-state index contributed by atoms with van der Waals surface area (Å²) in [7, 11) is 1.64. The van der Waals surface area contributed by atoms with E-state index in [4.69, 9.17) is 15.5 Å². The molecule has 4 rings (SSSR count). The van der Waals surface area contributed by atoms with Crippen molar-refractivity contribution in [2.75, 3.05) is 12.8 Å². The number of pyridine rings is 1. The average Bonchev–Trinajstić information content (AvgIpc) is 3.29. The van der Waals surface area contributed by atoms with Gasteiger partial charge in [0.25, 0.3) is 5.91 Å². The van der Waals surface area contributed by atoms with Crippen LogP contribution in [-0.2, 0) is 0 Å². The number of carbonyl (C=O) groups excluding carboxylic acids is 1. The first kappa shape index (κ1) is 16.8. The second-order valence-corrected chi connectivity index (χ2v) is 7.58. The molecule has 5 nitrogen and oxygen atoms in total. The van der Waals surface area contributed by atoms with Crippen molar-refractivity contribution in [3.05, 3.63) is 41.3 Å². The van der Waals surface area contributed by atoms with E-state index < -0.39 is 0 Å². The number of hydrogen-bond acceptors (Lipinski definition) is 5. The molecule has 6 heteroatoms. The molecule has 26 heavy (non-hydrogen) atoms. The number of aromatic nitrogens is 1. The Morgan fingerprint density at radius 2 is 2.08 bits per heavy atom. The highest BCUT2D eigenvalue weighted by Gasteiger charge is 2.22. The lowest BCUT2D eigenvalue weighted by molar-refractivity contribution is 0.0943. The Kier molecular flexibility index (Phi) is 4.51. The predicted octanol–water partition coefficient (Wildman–Crippen LogP) is 4.23. The summed E-state index contributed by atoms with van der Waals surface area (Å²) in [4.78, 5) is 18.7. The van der Waals surface area contributed by atoms with Crippen LogP contribution in [0.2, 0.25) is 0 Å². The second-order valence-electron chi connectivity index (χ2n) is 6.58. The number of nitrogen functional groups attached to an aromatic ring is 1. The van der Waals surface area contributed by atoms with Crippen molar-refractivity contribution in [2.24, 2.45) is 0 Å². The molecular formula is C20H21N3O2S. The molecule has 0 radical (unpaired) electrons. The Labute approximate surface area is 156 Å². The Bertz CT molecular complexity index is 961. The first-order valence-corrected chi connectivity index (χ1v) is 9.61. The smallest absolute Gasteiger partial charge is 0.263 e. The summed E-state index contributed by atoms with van der Waals surface area (Å²) in [5.74, 6) is 0.701. The van der Waals surface area contributed by atoms with E-state index in [1.165, 1.54) is 24.2 Å². The van der Waals surface area contributed by atoms with Gasteiger partial charge in [0.05, 0.1) is 18.5 Å². The standard InChI is InChI=1S/C20H21N3O2S/c1-25-14-8-4-5-12(11-14)16-10-9-15-17(21)18(26-20(15)23-16)19(24)22-13-6-2-3-7-13/h4-5,8-11,13H,2-3,6-7,21H2,1H3,(H,22,24). The van der Waals surface area contributed by atoms with Gasteiger partial charge in [-0.25, -0.2) is 4.98 Å². The van der Waals surface area contributed by atoms with Gasteiger partial charge in [0.1, 0.15) is 15.5 Å². The SMILES string of the molecule is COc1cccc(-c2ccc3c(N)c(C(=O)NC4CCCC4)sc3n2)c1. The highest BCUT2D eigenvalue weighted by atomic mass is 32.1. The van der Waals surface area contributed by atoms with Crippen molar-refractivity contribution < 1.29 is 9.53 Å². The van der Waals surface area contributed by atoms with Crippen LogP contribution < -0.4 is 15.8 Å². The molecule has 0 atom stereocenters. The summed E-state index contributed by atoms with van der Waals surface area (Å²) in [6.45, 7) is 0. The molecule has 3 N–H and O–H groups in total. The number of hydrogen-bond donors (Lipinski definition) is 2. The summed E-state index contributed by atoms with van der Waals surface area (Å²) >= 11 is 1.35. The van der Waals surface area contributed by atoms with Crippen LogP contribution in [-0.4, -0.2) is 24.0 Å². The molecule has 0 bridgehead atoms. The minimum Gasteiger partial charge on any atom is -0.497 e. The van der Waals surface area contributed by atoms with Crippen LogP contribution in [0.15, 0.2) is 36.4 Å². The number of ether oxygens (including phenoxy) is 1. The fraction of sp³-hybridized carbons (Fsp3) is 0.300. The largest absolute Gasteiger partial charge is 0.497 e. The number of anilines is 1. The second kappa shape index (κ2) is 6.96. The van der Waals surface area contributed by atoms with Gasteiger partial charge >= 0.3 is 0 Å². The average molecular weight is 367 g/mol. The minimum absolute atomic E-state index is 0.0830. The molecular weight excluding hydrogens is 346 g/mol. The number of thiophene rings is 1. The van der Waals surface area contributed by atoms with Crippen LogP contribution in [0.4, 0.5) is 5.69 Å². The van der Waals surface area contributed by atoms with Gasteiger partial charge < -0.3 is 15.8 Å². The normalized spacial score (nSPS) is 14.7. The maximum atomic E-state index is 12.6. The summed E-state index contributed by atoms with van der Waals surface area (Å²) in [5, 5.41) is 3.94. The van der Waals surface area contributed by atoms with Gasteiger partial charge in [0.15, 0.2) is 0 Å². The maximum absolute atomic E-state index is 12.6. The summed E-state index contributed by atoms with van der Waals surface area (Å²) in [6.07, 6.45) is 4.46. The van der Waals surface area contributed by atoms with Crippen LogP contribution in [0.25, 0.3) is 21.5 Å². The van der Waals surface area contributed by atoms with Crippen LogP contribution in [0.1, 0.15) is 35.4 Å². The molecule has 134 valence electrons. The van der Waals surface area contributed by atoms with E-state index in [1.54, 1.807) is 7.11 Å². The first-order valence-electron chi connectivity index (χ1n) is 8.80. The fourth-order valence-corrected chi connectivity index (χ4v) is 4.43. The summed E-state index contributed by atoms with van der Waals surface area (Å²) in [6, 6.07) is 11.9. The number of carbonyl (C=O) groups is 1. The van der Waals surface area contributed by atoms with Crippen molar-refractivity contribution in [3.8, 4) is 17.0 Å². The Morgan fingerprint density at radius 1 is 1.27 bits per heavy atom. The van der Waals surface area contributed by atoms with E-state index in [2.05, 4.69) is 5.32 Å². The number of rotatable bonds is 4. The lowest BCUT2D eigenvalue weighted by atomic mass is 10.1. The Balaban J connectivity index is 1.67. The number of nitrogens with zero attached hydrogens (tertiary/aromatic N) is 1. The molecule has 1 aliphatic carbocycles. The van der Waals surface area contributed by atoms with Crippen molar-refractivity contribution in [2.45, 2.75) is 31.7 Å². The van der Waals surface area contributed by atoms with E-state index in [9.17, 15) is 4.79 Å². The third-order valence-corrected chi connectivity index (χ3v) is 5.97. The quantitative estimate of drug-likeness (QED) is 0.723. The van der Waals surface area contributed by atoms with E-state index in [0.717, 1.165) is 40.1 Å². The lowest BCUT2D eigenvalue weighted by Gasteiger charge is -2.10. The molecule has 1 fully saturated rings. The minimum atomic E-state index is -0.0830. The molecule has 2 heterocycles. The van der Waals surface area contributed by atoms with Crippen molar-refractivity contribution in [3.63, 3.8) is 0 Å². The van der Waals surface area contributed by atoms with Crippen LogP contribution in [0, 0.1) is 0 Å². The molecule has 0 aliphatic heterocycles. The van der Waals surface area contributed by atoms with Gasteiger partial charge in [-0.2, -0.15) is 0 Å². The molecule has 0 saturated heterocycles. The van der Waals surface area contributed by atoms with E-state index >= 15 is 0 Å². The highest BCUT2D eigenvalue weighted by Crippen LogP contribution is 2.35. The van der Waals surface area contributed by atoms with Gasteiger partial charge in [-0.1, -0.05) is 25.0 Å². The number of fused-ring (bicyclic) bond motifs is 1. The van der Waals surface area contributed by atoms with Crippen LogP contribution in [0.3, 0.4) is 0 Å². The van der Waals surface area contributed by atoms with Gasteiger partial charge in [-0.3, -0.25) is 4.79 Å². The first-order chi connectivity index (χ1) is 12.7. The predicted molar refractivity (Wildman–Crippen MR) is 106 cm³/mol. The van der Waals surface area contributed by atoms with E-state index in [0.29, 0.717) is 10.6 Å². The fourth-order valence-electron chi connectivity index (χ4n) is 3.43. The lowest BCUT2D eigenvalue weighted by Crippen LogP contribution is -2.32. The van der Waals surface area contributed by atoms with Gasteiger partial charge in [-0.15, -0.1) is 11.3 Å². The number of methoxy groups -OCH3 is 1. The van der Waals surface area contributed by atoms with Crippen LogP contribution in [0.5, 0.6) is 5.75 Å². The highest BCUT2D eigenvalue weighted by molar-refractivity contribution is 7.21. The van der Waals surface area contributed by atoms with Crippen molar-refractivity contribution in [1.29, 1.82) is 0 Å². The zero-order valence-corrected chi connectivity index (χ0v) is 15.4. The molecule has 2 aromatic heterocycles. The molecule has 1 saturated carbocycles. The molecule has 1 aromatic carbocycles. The topological polar surface area (TPSA) is 77.2 Å². The monoisotopic (exact) mass is 367 g/mol. The molecule has 1 amide bonds. The zero-order chi connectivity index (χ0) is 18.1. The third kappa shape index (κ3) is 3.12. The van der Waals surface area contributed by atoms with Crippen LogP contribution >= 0.6 is 11.3 Å². The molecule has 3 aromatic rings. The summed E-state index contributed by atoms with van der Waals surface area (Å²) in [5.41, 5.74) is 8.56. The number of nitrogens with one attached hydrogen (secondary N) is 1. The zero-order valence-electron chi connectivity index (χ0n) is 14.6. The van der Waals surface area contributed by atoms with Gasteiger partial charge in [0, 0.05) is 17.0 Å². The third-order valence-electron chi connectivity index (χ3n) is 4.86. The molecule has 0 unspecified atom stereocenters. The summed E-state index contributed by atoms with van der Waals surface area (Å²) < 4.78 is 5.28. The van der Waals surface area contributed by atoms with Crippen molar-refractivity contribution >= 4 is 33.1 Å². The number of nitrogens with two attached hydrogens (primary N) is 1. The maximum Gasteiger partial charge on any atom is 0.263 e. The van der Waals surface area contributed by atoms with Gasteiger partial charge in [0.2, 0.25) is 0 Å². The molecule has 1 aliphatic rings. The molecule has 0 spiro atoms. The Morgan fingerprint density at radius 3 is 2.85 bits per heavy atom. The Hall–Kier alpha value is -2.60. The number of benzene rings is 1.